The van der Waals surface area contributed by atoms with Gasteiger partial charge in [-0.25, -0.2) is 9.98 Å². The summed E-state index contributed by atoms with van der Waals surface area (Å²) in [6.07, 6.45) is 0.829. The van der Waals surface area contributed by atoms with Crippen molar-refractivity contribution in [3.63, 3.8) is 0 Å². The third kappa shape index (κ3) is 6.60. The Balaban J connectivity index is 1.44. The molecule has 0 radical (unpaired) electrons. The van der Waals surface area contributed by atoms with Crippen LogP contribution in [-0.4, -0.2) is 67.6 Å². The number of benzene rings is 1. The van der Waals surface area contributed by atoms with Crippen LogP contribution >= 0.6 is 22.9 Å². The first-order valence-corrected chi connectivity index (χ1v) is 11.5. The molecule has 2 N–H and O–H groups in total. The second kappa shape index (κ2) is 11.2. The lowest BCUT2D eigenvalue weighted by molar-refractivity contribution is -0.129. The number of amides is 1. The molecule has 0 aliphatic carbocycles. The number of nitrogens with one attached hydrogen (secondary N) is 2. The fourth-order valence-corrected chi connectivity index (χ4v) is 4.06. The summed E-state index contributed by atoms with van der Waals surface area (Å²) < 4.78 is 0. The molecule has 30 heavy (non-hydrogen) atoms. The van der Waals surface area contributed by atoms with Crippen LogP contribution in [-0.2, 0) is 11.2 Å². The Kier molecular flexibility index (Phi) is 8.33. The fourth-order valence-electron chi connectivity index (χ4n) is 3.29. The number of aryl methyl sites for hydroxylation is 1. The van der Waals surface area contributed by atoms with Gasteiger partial charge in [0.1, 0.15) is 6.54 Å². The number of carbonyl (C=O) groups excluding carboxylic acids is 1. The van der Waals surface area contributed by atoms with Gasteiger partial charge in [0, 0.05) is 61.8 Å². The van der Waals surface area contributed by atoms with E-state index in [0.717, 1.165) is 54.0 Å². The average Bonchev–Trinajstić information content (AvgIpc) is 3.17. The number of nitrogens with zero attached hydrogens (tertiary/aromatic N) is 4. The van der Waals surface area contributed by atoms with E-state index in [1.165, 1.54) is 0 Å². The van der Waals surface area contributed by atoms with Gasteiger partial charge in [-0.3, -0.25) is 4.79 Å². The van der Waals surface area contributed by atoms with Crippen LogP contribution in [0.3, 0.4) is 0 Å². The molecule has 2 heterocycles. The number of hydrogen-bond acceptors (Lipinski definition) is 5. The van der Waals surface area contributed by atoms with Gasteiger partial charge >= 0.3 is 0 Å². The van der Waals surface area contributed by atoms with E-state index in [2.05, 4.69) is 30.9 Å². The van der Waals surface area contributed by atoms with Gasteiger partial charge in [-0.2, -0.15) is 0 Å². The summed E-state index contributed by atoms with van der Waals surface area (Å²) in [5, 5.41) is 10.4. The molecule has 9 heteroatoms. The van der Waals surface area contributed by atoms with E-state index in [-0.39, 0.29) is 12.5 Å². The van der Waals surface area contributed by atoms with E-state index in [1.54, 1.807) is 11.3 Å². The molecule has 1 fully saturated rings. The Hall–Kier alpha value is -2.32. The monoisotopic (exact) mass is 448 g/mol. The van der Waals surface area contributed by atoms with Crippen molar-refractivity contribution in [1.82, 2.24) is 20.5 Å². The van der Waals surface area contributed by atoms with Crippen molar-refractivity contribution in [1.29, 1.82) is 0 Å². The van der Waals surface area contributed by atoms with Gasteiger partial charge in [-0.05, 0) is 38.1 Å². The molecule has 3 rings (SSSR count). The molecule has 1 aliphatic rings. The third-order valence-electron chi connectivity index (χ3n) is 4.88. The lowest BCUT2D eigenvalue weighted by Gasteiger charge is -2.36. The molecule has 0 saturated carbocycles. The Morgan fingerprint density at radius 3 is 2.57 bits per heavy atom. The van der Waals surface area contributed by atoms with Crippen LogP contribution in [0.15, 0.2) is 34.6 Å². The van der Waals surface area contributed by atoms with Crippen molar-refractivity contribution >= 4 is 40.5 Å². The summed E-state index contributed by atoms with van der Waals surface area (Å²) in [4.78, 5) is 25.7. The molecule has 0 spiro atoms. The highest BCUT2D eigenvalue weighted by atomic mass is 35.5. The van der Waals surface area contributed by atoms with Crippen LogP contribution in [0.2, 0.25) is 5.02 Å². The third-order valence-corrected chi connectivity index (χ3v) is 5.96. The summed E-state index contributed by atoms with van der Waals surface area (Å²) in [7, 11) is 0. The minimum absolute atomic E-state index is 0.0538. The Labute approximate surface area is 187 Å². The fraction of sp³-hybridized carbons (Fsp3) is 0.476. The van der Waals surface area contributed by atoms with Gasteiger partial charge in [-0.15, -0.1) is 11.3 Å². The second-order valence-corrected chi connectivity index (χ2v) is 8.57. The van der Waals surface area contributed by atoms with Crippen LogP contribution in [0.1, 0.15) is 17.6 Å². The highest BCUT2D eigenvalue weighted by Crippen LogP contribution is 2.19. The van der Waals surface area contributed by atoms with Crippen molar-refractivity contribution < 1.29 is 4.79 Å². The molecule has 1 aromatic carbocycles. The molecule has 1 amide bonds. The molecule has 1 aromatic heterocycles. The van der Waals surface area contributed by atoms with Gasteiger partial charge in [0.05, 0.1) is 10.7 Å². The molecule has 7 nitrogen and oxygen atoms in total. The number of piperazine rings is 1. The predicted molar refractivity (Wildman–Crippen MR) is 125 cm³/mol. The van der Waals surface area contributed by atoms with Crippen molar-refractivity contribution in [2.75, 3.05) is 50.7 Å². The number of hydrogen-bond donors (Lipinski definition) is 2. The number of thiazole rings is 1. The summed E-state index contributed by atoms with van der Waals surface area (Å²) in [6.45, 7) is 8.65. The van der Waals surface area contributed by atoms with Gasteiger partial charge in [-0.1, -0.05) is 11.6 Å². The van der Waals surface area contributed by atoms with E-state index >= 15 is 0 Å². The van der Waals surface area contributed by atoms with Gasteiger partial charge < -0.3 is 20.4 Å². The first kappa shape index (κ1) is 22.4. The Morgan fingerprint density at radius 1 is 1.20 bits per heavy atom. The molecule has 0 bridgehead atoms. The maximum atomic E-state index is 12.6. The summed E-state index contributed by atoms with van der Waals surface area (Å²) >= 11 is 7.62. The number of aromatic nitrogens is 1. The van der Waals surface area contributed by atoms with E-state index in [1.807, 2.05) is 43.0 Å². The number of rotatable bonds is 7. The zero-order valence-electron chi connectivity index (χ0n) is 17.5. The number of carbonyl (C=O) groups is 1. The molecule has 1 aliphatic heterocycles. The van der Waals surface area contributed by atoms with E-state index in [0.29, 0.717) is 19.0 Å². The largest absolute Gasteiger partial charge is 0.368 e. The van der Waals surface area contributed by atoms with Crippen molar-refractivity contribution in [3.8, 4) is 0 Å². The molecule has 2 aromatic rings. The Bertz CT molecular complexity index is 845. The second-order valence-electron chi connectivity index (χ2n) is 7.07. The van der Waals surface area contributed by atoms with Crippen molar-refractivity contribution in [2.45, 2.75) is 20.3 Å². The van der Waals surface area contributed by atoms with E-state index in [4.69, 9.17) is 11.6 Å². The van der Waals surface area contributed by atoms with Crippen LogP contribution in [0, 0.1) is 6.92 Å². The van der Waals surface area contributed by atoms with Gasteiger partial charge in [0.25, 0.3) is 0 Å². The number of guanidine groups is 1. The van der Waals surface area contributed by atoms with Gasteiger partial charge in [0.15, 0.2) is 5.96 Å². The maximum Gasteiger partial charge on any atom is 0.244 e. The minimum atomic E-state index is 0.0538. The van der Waals surface area contributed by atoms with Crippen LogP contribution in [0.4, 0.5) is 5.69 Å². The lowest BCUT2D eigenvalue weighted by atomic mass is 10.2. The first-order chi connectivity index (χ1) is 14.5. The molecule has 0 unspecified atom stereocenters. The number of aliphatic imine (C=N–C) groups is 1. The standard InChI is InChI=1S/C21H29ClN6OS/c1-3-23-21(24-9-8-18-15-30-16(2)26-18)25-14-20(29)28-12-10-27(11-13-28)19-6-4-17(22)5-7-19/h4-7,15H,3,8-14H2,1-2H3,(H2,23,24,25). The SMILES string of the molecule is CCNC(=NCC(=O)N1CCN(c2ccc(Cl)cc2)CC1)NCCc1csc(C)n1. The summed E-state index contributed by atoms with van der Waals surface area (Å²) in [5.74, 6) is 0.718. The summed E-state index contributed by atoms with van der Waals surface area (Å²) in [6, 6.07) is 7.83. The lowest BCUT2D eigenvalue weighted by Crippen LogP contribution is -2.49. The molecule has 0 atom stereocenters. The molecule has 1 saturated heterocycles. The van der Waals surface area contributed by atoms with E-state index in [9.17, 15) is 4.79 Å². The smallest absolute Gasteiger partial charge is 0.244 e. The zero-order valence-corrected chi connectivity index (χ0v) is 19.1. The van der Waals surface area contributed by atoms with Crippen LogP contribution in [0.5, 0.6) is 0 Å². The highest BCUT2D eigenvalue weighted by Gasteiger charge is 2.21. The zero-order chi connectivity index (χ0) is 21.3. The molecular formula is C21H29ClN6OS. The van der Waals surface area contributed by atoms with Crippen molar-refractivity contribution in [2.24, 2.45) is 4.99 Å². The topological polar surface area (TPSA) is 72.9 Å². The highest BCUT2D eigenvalue weighted by molar-refractivity contribution is 7.09. The van der Waals surface area contributed by atoms with Crippen LogP contribution < -0.4 is 15.5 Å². The number of anilines is 1. The first-order valence-electron chi connectivity index (χ1n) is 10.3. The quantitative estimate of drug-likeness (QED) is 0.503. The average molecular weight is 449 g/mol. The maximum absolute atomic E-state index is 12.6. The molecule has 162 valence electrons. The Morgan fingerprint density at radius 2 is 1.93 bits per heavy atom. The van der Waals surface area contributed by atoms with Gasteiger partial charge in [0.2, 0.25) is 5.91 Å². The molecular weight excluding hydrogens is 420 g/mol. The minimum Gasteiger partial charge on any atom is -0.368 e. The van der Waals surface area contributed by atoms with Crippen molar-refractivity contribution in [3.05, 3.63) is 45.4 Å². The summed E-state index contributed by atoms with van der Waals surface area (Å²) in [5.41, 5.74) is 2.22. The number of halogens is 1. The van der Waals surface area contributed by atoms with E-state index < -0.39 is 0 Å². The van der Waals surface area contributed by atoms with Crippen LogP contribution in [0.25, 0.3) is 0 Å². The normalized spacial score (nSPS) is 14.7. The predicted octanol–water partition coefficient (Wildman–Crippen LogP) is 2.55.